The lowest BCUT2D eigenvalue weighted by atomic mass is 9.77. The zero-order chi connectivity index (χ0) is 15.2. The van der Waals surface area contributed by atoms with Gasteiger partial charge in [-0.05, 0) is 25.8 Å². The van der Waals surface area contributed by atoms with E-state index in [9.17, 15) is 4.79 Å². The Bertz CT molecular complexity index is 621. The molecule has 2 saturated heterocycles. The van der Waals surface area contributed by atoms with Crippen molar-refractivity contribution in [3.8, 4) is 11.8 Å². The first kappa shape index (κ1) is 14.1. The van der Waals surface area contributed by atoms with Crippen LogP contribution in [0.4, 0.5) is 0 Å². The standard InChI is InChI=1S/C19H23NO2/c1-2-3-4-5-8-14-11-15-13-19(16(14)12-18(21)22-19)17-9-6-7-10-20(15)17/h11-12,15,17H,2-4,6-7,9-10,13H2,1H3/t15-,17?,19+/m1/s1. The fourth-order valence-corrected chi connectivity index (χ4v) is 4.59. The highest BCUT2D eigenvalue weighted by molar-refractivity contribution is 5.90. The third-order valence-electron chi connectivity index (χ3n) is 5.55. The third kappa shape index (κ3) is 1.97. The van der Waals surface area contributed by atoms with Crippen LogP contribution in [0.1, 0.15) is 51.9 Å². The molecule has 2 fully saturated rings. The number of hydrogen-bond donors (Lipinski definition) is 0. The normalized spacial score (nSPS) is 35.8. The summed E-state index contributed by atoms with van der Waals surface area (Å²) in [7, 11) is 0. The molecule has 0 aromatic rings. The molecule has 1 aliphatic carbocycles. The summed E-state index contributed by atoms with van der Waals surface area (Å²) < 4.78 is 5.89. The number of piperidine rings is 1. The molecule has 3 aliphatic heterocycles. The van der Waals surface area contributed by atoms with Crippen molar-refractivity contribution in [3.63, 3.8) is 0 Å². The van der Waals surface area contributed by atoms with E-state index < -0.39 is 5.60 Å². The highest BCUT2D eigenvalue weighted by Gasteiger charge is 2.61. The maximum absolute atomic E-state index is 12.0. The summed E-state index contributed by atoms with van der Waals surface area (Å²) in [5.41, 5.74) is 1.71. The molecule has 0 saturated carbocycles. The fourth-order valence-electron chi connectivity index (χ4n) is 4.59. The molecule has 1 unspecified atom stereocenters. The second-order valence-corrected chi connectivity index (χ2v) is 6.88. The number of nitrogens with zero attached hydrogens (tertiary/aromatic N) is 1. The molecule has 3 nitrogen and oxygen atoms in total. The first-order valence-corrected chi connectivity index (χ1v) is 8.66. The lowest BCUT2D eigenvalue weighted by Gasteiger charge is -2.38. The summed E-state index contributed by atoms with van der Waals surface area (Å²) in [5.74, 6) is 6.45. The van der Waals surface area contributed by atoms with Crippen molar-refractivity contribution in [2.24, 2.45) is 0 Å². The summed E-state index contributed by atoms with van der Waals surface area (Å²) in [6.07, 6.45) is 11.8. The Morgan fingerprint density at radius 2 is 2.36 bits per heavy atom. The van der Waals surface area contributed by atoms with Crippen LogP contribution in [0, 0.1) is 11.8 Å². The average Bonchev–Trinajstić information content (AvgIpc) is 3.00. The lowest BCUT2D eigenvalue weighted by Crippen LogP contribution is -2.48. The average molecular weight is 297 g/mol. The van der Waals surface area contributed by atoms with Crippen LogP contribution in [0.2, 0.25) is 0 Å². The molecule has 4 aliphatic rings. The van der Waals surface area contributed by atoms with E-state index in [0.717, 1.165) is 43.4 Å². The number of carbonyl (C=O) groups is 1. The molecule has 3 atom stereocenters. The third-order valence-corrected chi connectivity index (χ3v) is 5.55. The lowest BCUT2D eigenvalue weighted by molar-refractivity contribution is -0.148. The Balaban J connectivity index is 1.70. The maximum Gasteiger partial charge on any atom is 0.332 e. The van der Waals surface area contributed by atoms with Gasteiger partial charge in [0.25, 0.3) is 0 Å². The molecule has 22 heavy (non-hydrogen) atoms. The second kappa shape index (κ2) is 5.28. The van der Waals surface area contributed by atoms with Crippen LogP contribution in [0.3, 0.4) is 0 Å². The van der Waals surface area contributed by atoms with Crippen LogP contribution in [-0.2, 0) is 9.53 Å². The van der Waals surface area contributed by atoms with Gasteiger partial charge < -0.3 is 4.74 Å². The van der Waals surface area contributed by atoms with Gasteiger partial charge in [-0.2, -0.15) is 0 Å². The number of carbonyl (C=O) groups excluding carboxylic acids is 1. The number of unbranched alkanes of at least 4 members (excludes halogenated alkanes) is 2. The molecular formula is C19H23NO2. The predicted molar refractivity (Wildman–Crippen MR) is 85.0 cm³/mol. The van der Waals surface area contributed by atoms with Crippen molar-refractivity contribution >= 4 is 5.97 Å². The van der Waals surface area contributed by atoms with Crippen molar-refractivity contribution in [1.82, 2.24) is 4.90 Å². The number of rotatable bonds is 2. The molecule has 0 N–H and O–H groups in total. The van der Waals surface area contributed by atoms with Gasteiger partial charge in [-0.1, -0.05) is 37.7 Å². The predicted octanol–water partition coefficient (Wildman–Crippen LogP) is 2.97. The molecule has 0 aromatic heterocycles. The van der Waals surface area contributed by atoms with E-state index in [1.54, 1.807) is 6.08 Å². The van der Waals surface area contributed by atoms with E-state index in [2.05, 4.69) is 29.7 Å². The Kier molecular flexibility index (Phi) is 3.38. The van der Waals surface area contributed by atoms with Gasteiger partial charge in [0.05, 0.1) is 6.04 Å². The minimum atomic E-state index is -0.397. The molecule has 3 heterocycles. The molecule has 4 rings (SSSR count). The van der Waals surface area contributed by atoms with E-state index >= 15 is 0 Å². The van der Waals surface area contributed by atoms with Gasteiger partial charge in [0.15, 0.2) is 5.60 Å². The van der Waals surface area contributed by atoms with Gasteiger partial charge in [-0.3, -0.25) is 4.90 Å². The Morgan fingerprint density at radius 3 is 3.23 bits per heavy atom. The van der Waals surface area contributed by atoms with E-state index in [-0.39, 0.29) is 5.97 Å². The number of fused-ring (bicyclic) bond motifs is 3. The molecule has 0 amide bonds. The van der Waals surface area contributed by atoms with Crippen LogP contribution in [0.25, 0.3) is 0 Å². The van der Waals surface area contributed by atoms with Crippen molar-refractivity contribution in [3.05, 3.63) is 23.3 Å². The van der Waals surface area contributed by atoms with Gasteiger partial charge in [-0.15, -0.1) is 0 Å². The molecule has 0 radical (unpaired) electrons. The smallest absolute Gasteiger partial charge is 0.332 e. The molecular weight excluding hydrogens is 274 g/mol. The molecule has 2 bridgehead atoms. The van der Waals surface area contributed by atoms with Crippen LogP contribution < -0.4 is 0 Å². The number of hydrogen-bond acceptors (Lipinski definition) is 3. The highest BCUT2D eigenvalue weighted by Crippen LogP contribution is 2.53. The van der Waals surface area contributed by atoms with Crippen molar-refractivity contribution in [1.29, 1.82) is 0 Å². The highest BCUT2D eigenvalue weighted by atomic mass is 16.6. The summed E-state index contributed by atoms with van der Waals surface area (Å²) in [6, 6.07) is 0.749. The Hall–Kier alpha value is -1.53. The molecule has 116 valence electrons. The SMILES string of the molecule is CCCCC#CC1=C[C@@H]2C[C@@]3(OC(=O)C=C13)C1CCCCN12. The van der Waals surface area contributed by atoms with Crippen LogP contribution in [0.5, 0.6) is 0 Å². The van der Waals surface area contributed by atoms with Gasteiger partial charge in [0, 0.05) is 36.1 Å². The number of ether oxygens (including phenoxy) is 1. The number of esters is 1. The Morgan fingerprint density at radius 1 is 1.45 bits per heavy atom. The van der Waals surface area contributed by atoms with Crippen LogP contribution >= 0.6 is 0 Å². The van der Waals surface area contributed by atoms with E-state index in [1.807, 2.05) is 0 Å². The summed E-state index contributed by atoms with van der Waals surface area (Å²) in [6.45, 7) is 3.30. The van der Waals surface area contributed by atoms with E-state index in [4.69, 9.17) is 4.74 Å². The maximum atomic E-state index is 12.0. The molecule has 3 heteroatoms. The van der Waals surface area contributed by atoms with Gasteiger partial charge in [0.2, 0.25) is 0 Å². The van der Waals surface area contributed by atoms with Crippen molar-refractivity contribution in [2.45, 2.75) is 69.6 Å². The fraction of sp³-hybridized carbons (Fsp3) is 0.632. The Labute approximate surface area is 132 Å². The summed E-state index contributed by atoms with van der Waals surface area (Å²) in [4.78, 5) is 14.5. The first-order chi connectivity index (χ1) is 10.7. The van der Waals surface area contributed by atoms with Gasteiger partial charge >= 0.3 is 5.97 Å². The van der Waals surface area contributed by atoms with E-state index in [1.165, 1.54) is 19.3 Å². The monoisotopic (exact) mass is 297 g/mol. The van der Waals surface area contributed by atoms with Crippen molar-refractivity contribution in [2.75, 3.05) is 6.54 Å². The second-order valence-electron chi connectivity index (χ2n) is 6.88. The van der Waals surface area contributed by atoms with E-state index in [0.29, 0.717) is 12.1 Å². The zero-order valence-corrected chi connectivity index (χ0v) is 13.2. The topological polar surface area (TPSA) is 29.5 Å². The summed E-state index contributed by atoms with van der Waals surface area (Å²) >= 11 is 0. The van der Waals surface area contributed by atoms with Crippen LogP contribution in [-0.4, -0.2) is 35.1 Å². The largest absolute Gasteiger partial charge is 0.449 e. The zero-order valence-electron chi connectivity index (χ0n) is 13.2. The van der Waals surface area contributed by atoms with Gasteiger partial charge in [0.1, 0.15) is 0 Å². The van der Waals surface area contributed by atoms with Crippen molar-refractivity contribution < 1.29 is 9.53 Å². The minimum Gasteiger partial charge on any atom is -0.449 e. The minimum absolute atomic E-state index is 0.177. The summed E-state index contributed by atoms with van der Waals surface area (Å²) in [5, 5.41) is 0. The molecule has 0 aromatic carbocycles. The quantitative estimate of drug-likeness (QED) is 0.446. The van der Waals surface area contributed by atoms with Gasteiger partial charge in [-0.25, -0.2) is 4.79 Å². The first-order valence-electron chi connectivity index (χ1n) is 8.66. The molecule has 1 spiro atoms. The van der Waals surface area contributed by atoms with Crippen LogP contribution in [0.15, 0.2) is 23.3 Å².